The van der Waals surface area contributed by atoms with Gasteiger partial charge in [0.25, 0.3) is 0 Å². The molecule has 1 heterocycles. The van der Waals surface area contributed by atoms with E-state index in [0.717, 1.165) is 23.1 Å². The Labute approximate surface area is 103 Å². The van der Waals surface area contributed by atoms with Gasteiger partial charge in [0.15, 0.2) is 0 Å². The van der Waals surface area contributed by atoms with Crippen molar-refractivity contribution < 1.29 is 0 Å². The summed E-state index contributed by atoms with van der Waals surface area (Å²) in [6.07, 6.45) is 5.05. The third-order valence-electron chi connectivity index (χ3n) is 2.25. The van der Waals surface area contributed by atoms with Crippen LogP contribution in [-0.2, 0) is 12.8 Å². The average Bonchev–Trinajstić information content (AvgIpc) is 2.28. The molecule has 0 atom stereocenters. The second kappa shape index (κ2) is 5.07. The molecule has 2 N–H and O–H groups in total. The number of halogens is 1. The Morgan fingerprint density at radius 1 is 1.12 bits per heavy atom. The van der Waals surface area contributed by atoms with Crippen LogP contribution in [-0.4, -0.2) is 9.97 Å². The molecule has 4 heteroatoms. The first-order chi connectivity index (χ1) is 7.74. The minimum absolute atomic E-state index is 0.603. The zero-order valence-electron chi connectivity index (χ0n) is 8.73. The Hall–Kier alpha value is -1.42. The molecule has 2 rings (SSSR count). The largest absolute Gasteiger partial charge is 0.396 e. The van der Waals surface area contributed by atoms with Gasteiger partial charge in [-0.15, -0.1) is 0 Å². The molecule has 0 fully saturated rings. The maximum Gasteiger partial charge on any atom is 0.128 e. The van der Waals surface area contributed by atoms with Gasteiger partial charge >= 0.3 is 0 Å². The van der Waals surface area contributed by atoms with E-state index in [1.54, 1.807) is 12.4 Å². The second-order valence-corrected chi connectivity index (χ2v) is 4.48. The highest BCUT2D eigenvalue weighted by molar-refractivity contribution is 9.10. The molecule has 0 saturated carbocycles. The van der Waals surface area contributed by atoms with Crippen LogP contribution < -0.4 is 5.73 Å². The molecule has 0 bridgehead atoms. The molecule has 0 unspecified atom stereocenters. The van der Waals surface area contributed by atoms with E-state index in [-0.39, 0.29) is 0 Å². The van der Waals surface area contributed by atoms with Gasteiger partial charge < -0.3 is 5.73 Å². The number of hydrogen-bond donors (Lipinski definition) is 1. The number of anilines is 1. The van der Waals surface area contributed by atoms with Crippen molar-refractivity contribution in [3.63, 3.8) is 0 Å². The number of hydrogen-bond acceptors (Lipinski definition) is 3. The first-order valence-corrected chi connectivity index (χ1v) is 5.84. The first-order valence-electron chi connectivity index (χ1n) is 5.05. The van der Waals surface area contributed by atoms with E-state index in [2.05, 4.69) is 38.0 Å². The number of aryl methyl sites for hydroxylation is 2. The molecule has 0 aliphatic heterocycles. The van der Waals surface area contributed by atoms with Crippen molar-refractivity contribution in [2.45, 2.75) is 12.8 Å². The second-order valence-electron chi connectivity index (χ2n) is 3.56. The fourth-order valence-electron chi connectivity index (χ4n) is 1.44. The van der Waals surface area contributed by atoms with Crippen LogP contribution in [0.2, 0.25) is 0 Å². The van der Waals surface area contributed by atoms with Gasteiger partial charge in [-0.3, -0.25) is 0 Å². The van der Waals surface area contributed by atoms with Gasteiger partial charge in [0, 0.05) is 10.9 Å². The van der Waals surface area contributed by atoms with Crippen LogP contribution in [0, 0.1) is 0 Å². The Bertz CT molecular complexity index is 468. The Kier molecular flexibility index (Phi) is 3.51. The molecule has 1 aromatic carbocycles. The lowest BCUT2D eigenvalue weighted by Gasteiger charge is -2.01. The van der Waals surface area contributed by atoms with Crippen LogP contribution in [0.1, 0.15) is 11.4 Å². The van der Waals surface area contributed by atoms with Crippen LogP contribution >= 0.6 is 15.9 Å². The van der Waals surface area contributed by atoms with E-state index in [1.165, 1.54) is 5.56 Å². The summed E-state index contributed by atoms with van der Waals surface area (Å²) in [5, 5.41) is 0. The maximum atomic E-state index is 5.52. The predicted molar refractivity (Wildman–Crippen MR) is 68.0 cm³/mol. The van der Waals surface area contributed by atoms with Gasteiger partial charge in [-0.2, -0.15) is 0 Å². The fourth-order valence-corrected chi connectivity index (χ4v) is 1.89. The Balaban J connectivity index is 1.99. The maximum absolute atomic E-state index is 5.52. The van der Waals surface area contributed by atoms with Gasteiger partial charge in [-0.25, -0.2) is 9.97 Å². The summed E-state index contributed by atoms with van der Waals surface area (Å²) in [5.41, 5.74) is 7.40. The number of rotatable bonds is 3. The number of nitrogens with two attached hydrogens (primary N) is 1. The molecule has 2 aromatic rings. The lowest BCUT2D eigenvalue weighted by Crippen LogP contribution is -1.99. The van der Waals surface area contributed by atoms with Crippen LogP contribution in [0.3, 0.4) is 0 Å². The number of benzene rings is 1. The Morgan fingerprint density at radius 3 is 2.56 bits per heavy atom. The van der Waals surface area contributed by atoms with Gasteiger partial charge in [-0.1, -0.05) is 28.1 Å². The van der Waals surface area contributed by atoms with E-state index in [0.29, 0.717) is 5.69 Å². The van der Waals surface area contributed by atoms with Crippen LogP contribution in [0.4, 0.5) is 5.69 Å². The molecule has 0 aliphatic rings. The molecule has 0 aliphatic carbocycles. The minimum Gasteiger partial charge on any atom is -0.396 e. The van der Waals surface area contributed by atoms with Gasteiger partial charge in [-0.05, 0) is 24.1 Å². The lowest BCUT2D eigenvalue weighted by atomic mass is 10.1. The quantitative estimate of drug-likeness (QED) is 0.938. The molecule has 0 saturated heterocycles. The summed E-state index contributed by atoms with van der Waals surface area (Å²) in [6.45, 7) is 0. The number of aromatic nitrogens is 2. The van der Waals surface area contributed by atoms with Crippen molar-refractivity contribution >= 4 is 21.6 Å². The molecule has 0 radical (unpaired) electrons. The smallest absolute Gasteiger partial charge is 0.128 e. The molecular formula is C12H12BrN3. The molecule has 0 spiro atoms. The fraction of sp³-hybridized carbons (Fsp3) is 0.167. The molecule has 1 aromatic heterocycles. The van der Waals surface area contributed by atoms with Gasteiger partial charge in [0.1, 0.15) is 5.82 Å². The van der Waals surface area contributed by atoms with Crippen LogP contribution in [0.15, 0.2) is 41.1 Å². The van der Waals surface area contributed by atoms with Crippen LogP contribution in [0.5, 0.6) is 0 Å². The van der Waals surface area contributed by atoms with E-state index in [4.69, 9.17) is 5.73 Å². The Morgan fingerprint density at radius 2 is 1.88 bits per heavy atom. The van der Waals surface area contributed by atoms with Crippen molar-refractivity contribution in [1.29, 1.82) is 0 Å². The van der Waals surface area contributed by atoms with E-state index >= 15 is 0 Å². The van der Waals surface area contributed by atoms with Gasteiger partial charge in [0.2, 0.25) is 0 Å². The van der Waals surface area contributed by atoms with Crippen molar-refractivity contribution in [2.24, 2.45) is 0 Å². The van der Waals surface area contributed by atoms with Crippen molar-refractivity contribution in [3.05, 3.63) is 52.5 Å². The van der Waals surface area contributed by atoms with Crippen molar-refractivity contribution in [1.82, 2.24) is 9.97 Å². The van der Waals surface area contributed by atoms with E-state index in [1.807, 2.05) is 12.1 Å². The zero-order valence-corrected chi connectivity index (χ0v) is 10.3. The summed E-state index contributed by atoms with van der Waals surface area (Å²) in [5.74, 6) is 0.828. The van der Waals surface area contributed by atoms with Crippen LogP contribution in [0.25, 0.3) is 0 Å². The topological polar surface area (TPSA) is 51.8 Å². The standard InChI is InChI=1S/C12H12BrN3/c13-10-3-1-2-9(6-10)4-5-12-15-7-11(14)8-16-12/h1-3,6-8H,4-5,14H2. The highest BCUT2D eigenvalue weighted by Gasteiger charge is 1.98. The van der Waals surface area contributed by atoms with E-state index in [9.17, 15) is 0 Å². The molecule has 82 valence electrons. The predicted octanol–water partition coefficient (Wildman–Crippen LogP) is 2.61. The summed E-state index contributed by atoms with van der Waals surface area (Å²) in [6, 6.07) is 8.26. The SMILES string of the molecule is Nc1cnc(CCc2cccc(Br)c2)nc1. The molecule has 3 nitrogen and oxygen atoms in total. The number of nitrogens with zero attached hydrogens (tertiary/aromatic N) is 2. The highest BCUT2D eigenvalue weighted by atomic mass is 79.9. The zero-order chi connectivity index (χ0) is 11.4. The third-order valence-corrected chi connectivity index (χ3v) is 2.74. The molecule has 16 heavy (non-hydrogen) atoms. The number of nitrogen functional groups attached to an aromatic ring is 1. The van der Waals surface area contributed by atoms with E-state index < -0.39 is 0 Å². The monoisotopic (exact) mass is 277 g/mol. The first kappa shape index (κ1) is 11.1. The third kappa shape index (κ3) is 3.03. The van der Waals surface area contributed by atoms with Crippen molar-refractivity contribution in [2.75, 3.05) is 5.73 Å². The summed E-state index contributed by atoms with van der Waals surface area (Å²) < 4.78 is 1.10. The molecular weight excluding hydrogens is 266 g/mol. The molecule has 0 amide bonds. The lowest BCUT2D eigenvalue weighted by molar-refractivity contribution is 0.859. The minimum atomic E-state index is 0.603. The highest BCUT2D eigenvalue weighted by Crippen LogP contribution is 2.13. The van der Waals surface area contributed by atoms with Crippen molar-refractivity contribution in [3.8, 4) is 0 Å². The summed E-state index contributed by atoms with van der Waals surface area (Å²) >= 11 is 3.45. The summed E-state index contributed by atoms with van der Waals surface area (Å²) in [4.78, 5) is 8.34. The van der Waals surface area contributed by atoms with Gasteiger partial charge in [0.05, 0.1) is 18.1 Å². The summed E-state index contributed by atoms with van der Waals surface area (Å²) in [7, 11) is 0. The normalized spacial score (nSPS) is 10.3. The average molecular weight is 278 g/mol.